The van der Waals surface area contributed by atoms with Gasteiger partial charge in [0, 0.05) is 38.2 Å². The van der Waals surface area contributed by atoms with E-state index < -0.39 is 0 Å². The number of nitrogens with zero attached hydrogens (tertiary/aromatic N) is 5. The van der Waals surface area contributed by atoms with Crippen molar-refractivity contribution in [3.8, 4) is 0 Å². The molecule has 4 rings (SSSR count). The smallest absolute Gasteiger partial charge is 0.293 e. The maximum Gasteiger partial charge on any atom is 0.293 e. The van der Waals surface area contributed by atoms with Crippen molar-refractivity contribution >= 4 is 21.7 Å². The quantitative estimate of drug-likeness (QED) is 0.842. The molecule has 0 bridgehead atoms. The summed E-state index contributed by atoms with van der Waals surface area (Å²) in [5.41, 5.74) is 0.0319. The molecule has 21 heavy (non-hydrogen) atoms. The van der Waals surface area contributed by atoms with Crippen molar-refractivity contribution < 1.29 is 0 Å². The molecule has 1 saturated carbocycles. The third-order valence-corrected chi connectivity index (χ3v) is 4.56. The van der Waals surface area contributed by atoms with Crippen LogP contribution in [0, 0.1) is 5.92 Å². The maximum atomic E-state index is 12.4. The van der Waals surface area contributed by atoms with Gasteiger partial charge in [0.05, 0.1) is 16.7 Å². The Morgan fingerprint density at radius 3 is 2.81 bits per heavy atom. The predicted octanol–water partition coefficient (Wildman–Crippen LogP) is 1.67. The average Bonchev–Trinajstić information content (AvgIpc) is 3.13. The van der Waals surface area contributed by atoms with Crippen molar-refractivity contribution in [3.05, 3.63) is 39.6 Å². The topological polar surface area (TPSA) is 56.0 Å². The van der Waals surface area contributed by atoms with Gasteiger partial charge >= 0.3 is 0 Å². The zero-order valence-electron chi connectivity index (χ0n) is 11.5. The summed E-state index contributed by atoms with van der Waals surface area (Å²) >= 11 is 3.40. The minimum atomic E-state index is 0.0319. The normalized spacial score (nSPS) is 18.8. The lowest BCUT2D eigenvalue weighted by Crippen LogP contribution is -2.50. The Morgan fingerprint density at radius 2 is 2.14 bits per heavy atom. The summed E-state index contributed by atoms with van der Waals surface area (Å²) in [4.78, 5) is 18.8. The highest BCUT2D eigenvalue weighted by Gasteiger charge is 2.32. The molecule has 2 aromatic heterocycles. The first-order chi connectivity index (χ1) is 10.2. The molecule has 1 saturated heterocycles. The summed E-state index contributed by atoms with van der Waals surface area (Å²) in [7, 11) is 0. The van der Waals surface area contributed by atoms with Gasteiger partial charge in [-0.15, -0.1) is 0 Å². The number of rotatable bonds is 4. The zero-order valence-corrected chi connectivity index (χ0v) is 13.1. The van der Waals surface area contributed by atoms with Crippen LogP contribution in [0.4, 0.5) is 5.82 Å². The van der Waals surface area contributed by atoms with Crippen LogP contribution in [0.15, 0.2) is 34.1 Å². The van der Waals surface area contributed by atoms with E-state index in [1.807, 2.05) is 15.8 Å². The van der Waals surface area contributed by atoms with Gasteiger partial charge < -0.3 is 9.47 Å². The Kier molecular flexibility index (Phi) is 3.10. The number of halogens is 1. The molecule has 0 N–H and O–H groups in total. The Morgan fingerprint density at radius 1 is 1.33 bits per heavy atom. The monoisotopic (exact) mass is 349 g/mol. The summed E-state index contributed by atoms with van der Waals surface area (Å²) in [5, 5.41) is 4.29. The van der Waals surface area contributed by atoms with E-state index in [0.717, 1.165) is 24.1 Å². The van der Waals surface area contributed by atoms with Gasteiger partial charge in [0.15, 0.2) is 5.82 Å². The molecule has 0 spiro atoms. The predicted molar refractivity (Wildman–Crippen MR) is 82.4 cm³/mol. The fourth-order valence-corrected chi connectivity index (χ4v) is 2.99. The van der Waals surface area contributed by atoms with E-state index >= 15 is 0 Å². The molecular formula is C14H16BrN5O. The van der Waals surface area contributed by atoms with Gasteiger partial charge in [-0.3, -0.25) is 9.48 Å². The molecular weight excluding hydrogens is 334 g/mol. The van der Waals surface area contributed by atoms with E-state index in [4.69, 9.17) is 0 Å². The molecule has 0 amide bonds. The van der Waals surface area contributed by atoms with Crippen LogP contribution in [-0.2, 0) is 6.54 Å². The van der Waals surface area contributed by atoms with Gasteiger partial charge in [0.25, 0.3) is 5.56 Å². The number of hydrogen-bond acceptors (Lipinski definition) is 4. The largest absolute Gasteiger partial charge is 0.348 e. The van der Waals surface area contributed by atoms with Crippen LogP contribution in [0.25, 0.3) is 0 Å². The Bertz CT molecular complexity index is 714. The van der Waals surface area contributed by atoms with E-state index in [-0.39, 0.29) is 5.56 Å². The summed E-state index contributed by atoms with van der Waals surface area (Å²) in [6, 6.07) is 0.314. The van der Waals surface area contributed by atoms with Crippen molar-refractivity contribution in [1.29, 1.82) is 0 Å². The third kappa shape index (κ3) is 2.50. The minimum Gasteiger partial charge on any atom is -0.348 e. The lowest BCUT2D eigenvalue weighted by molar-refractivity contribution is 0.364. The van der Waals surface area contributed by atoms with E-state index in [1.54, 1.807) is 23.2 Å². The molecule has 0 radical (unpaired) electrons. The second-order valence-corrected chi connectivity index (χ2v) is 6.76. The summed E-state index contributed by atoms with van der Waals surface area (Å²) < 4.78 is 4.72. The Hall–Kier alpha value is -1.63. The van der Waals surface area contributed by atoms with E-state index in [2.05, 4.69) is 26.0 Å². The van der Waals surface area contributed by atoms with Gasteiger partial charge in [0.2, 0.25) is 0 Å². The van der Waals surface area contributed by atoms with Crippen molar-refractivity contribution in [2.45, 2.75) is 25.4 Å². The fourth-order valence-electron chi connectivity index (χ4n) is 2.69. The molecule has 0 aromatic carbocycles. The summed E-state index contributed by atoms with van der Waals surface area (Å²) in [6.07, 6.45) is 9.76. The van der Waals surface area contributed by atoms with Crippen LogP contribution in [0.1, 0.15) is 18.9 Å². The van der Waals surface area contributed by atoms with Crippen molar-refractivity contribution in [2.24, 2.45) is 5.92 Å². The van der Waals surface area contributed by atoms with Gasteiger partial charge in [-0.05, 0) is 34.7 Å². The fraction of sp³-hybridized carbons (Fsp3) is 0.500. The molecule has 0 unspecified atom stereocenters. The Labute approximate surface area is 130 Å². The van der Waals surface area contributed by atoms with Crippen LogP contribution in [-0.4, -0.2) is 32.4 Å². The molecule has 7 heteroatoms. The van der Waals surface area contributed by atoms with Gasteiger partial charge in [-0.25, -0.2) is 4.98 Å². The first-order valence-electron chi connectivity index (χ1n) is 7.21. The molecule has 2 aromatic rings. The molecule has 6 nitrogen and oxygen atoms in total. The second-order valence-electron chi connectivity index (χ2n) is 5.85. The van der Waals surface area contributed by atoms with Gasteiger partial charge in [-0.2, -0.15) is 5.10 Å². The van der Waals surface area contributed by atoms with Crippen LogP contribution < -0.4 is 10.5 Å². The first-order valence-corrected chi connectivity index (χ1v) is 8.00. The van der Waals surface area contributed by atoms with Crippen molar-refractivity contribution in [2.75, 3.05) is 18.0 Å². The number of anilines is 1. The van der Waals surface area contributed by atoms with Crippen molar-refractivity contribution in [3.63, 3.8) is 0 Å². The molecule has 110 valence electrons. The van der Waals surface area contributed by atoms with Crippen LogP contribution in [0.5, 0.6) is 0 Å². The average molecular weight is 350 g/mol. The highest BCUT2D eigenvalue weighted by atomic mass is 79.9. The third-order valence-electron chi connectivity index (χ3n) is 4.15. The zero-order chi connectivity index (χ0) is 14.4. The summed E-state index contributed by atoms with van der Waals surface area (Å²) in [5.74, 6) is 1.25. The van der Waals surface area contributed by atoms with E-state index in [9.17, 15) is 4.79 Å². The number of aromatic nitrogens is 4. The highest BCUT2D eigenvalue weighted by Crippen LogP contribution is 2.30. The minimum absolute atomic E-state index is 0.0319. The van der Waals surface area contributed by atoms with Gasteiger partial charge in [-0.1, -0.05) is 0 Å². The molecule has 1 aliphatic heterocycles. The van der Waals surface area contributed by atoms with E-state index in [0.29, 0.717) is 17.8 Å². The lowest BCUT2D eigenvalue weighted by atomic mass is 10.1. The molecule has 2 aliphatic rings. The maximum absolute atomic E-state index is 12.4. The molecule has 0 atom stereocenters. The van der Waals surface area contributed by atoms with E-state index in [1.165, 1.54) is 12.8 Å². The number of hydrogen-bond donors (Lipinski definition) is 0. The highest BCUT2D eigenvalue weighted by molar-refractivity contribution is 9.10. The molecule has 2 fully saturated rings. The first kappa shape index (κ1) is 13.1. The van der Waals surface area contributed by atoms with Crippen LogP contribution in [0.2, 0.25) is 0 Å². The molecule has 1 aliphatic carbocycles. The lowest BCUT2D eigenvalue weighted by Gasteiger charge is -2.39. The van der Waals surface area contributed by atoms with Crippen LogP contribution in [0.3, 0.4) is 0 Å². The Balaban J connectivity index is 1.49. The van der Waals surface area contributed by atoms with Gasteiger partial charge in [0.1, 0.15) is 0 Å². The van der Waals surface area contributed by atoms with Crippen molar-refractivity contribution in [1.82, 2.24) is 19.3 Å². The SMILES string of the molecule is O=c1c(N2CC(n3cc(Br)cn3)C2)nccn1CC1CC1. The second kappa shape index (κ2) is 4.98. The summed E-state index contributed by atoms with van der Waals surface area (Å²) in [6.45, 7) is 2.39. The standard InChI is InChI=1S/C14H16BrN5O/c15-11-5-17-20(7-11)12-8-19(9-12)13-14(21)18(4-3-16-13)6-10-1-2-10/h3-5,7,10,12H,1-2,6,8-9H2. The van der Waals surface area contributed by atoms with Crippen LogP contribution >= 0.6 is 15.9 Å². The molecule has 3 heterocycles.